The standard InChI is InChI=1S/C23H24FN3O2S/c24-16-9-7-15(8-10-16)22-21-17-5-1-2-6-18(17)30-23(21)27(19(28)13-25-22)14-20(29)26-11-3-4-12-26/h7-10H,1-6,11-14H2. The Morgan fingerprint density at radius 2 is 1.80 bits per heavy atom. The summed E-state index contributed by atoms with van der Waals surface area (Å²) in [5.74, 6) is -0.447. The van der Waals surface area contributed by atoms with E-state index < -0.39 is 0 Å². The number of anilines is 1. The summed E-state index contributed by atoms with van der Waals surface area (Å²) in [7, 11) is 0. The van der Waals surface area contributed by atoms with E-state index in [9.17, 15) is 14.0 Å². The summed E-state index contributed by atoms with van der Waals surface area (Å²) in [4.78, 5) is 35.4. The Hall–Kier alpha value is -2.54. The average molecular weight is 426 g/mol. The molecule has 0 atom stereocenters. The molecule has 1 aliphatic carbocycles. The van der Waals surface area contributed by atoms with Crippen molar-refractivity contribution in [3.8, 4) is 0 Å². The number of hydrogen-bond donors (Lipinski definition) is 0. The molecular formula is C23H24FN3O2S. The highest BCUT2D eigenvalue weighted by atomic mass is 32.1. The van der Waals surface area contributed by atoms with Gasteiger partial charge in [0.25, 0.3) is 0 Å². The third-order valence-corrected chi connectivity index (χ3v) is 7.49. The van der Waals surface area contributed by atoms with Gasteiger partial charge in [-0.15, -0.1) is 11.3 Å². The van der Waals surface area contributed by atoms with Crippen LogP contribution in [0.15, 0.2) is 29.3 Å². The largest absolute Gasteiger partial charge is 0.341 e. The van der Waals surface area contributed by atoms with Crippen LogP contribution >= 0.6 is 11.3 Å². The molecule has 2 aliphatic heterocycles. The number of carbonyl (C=O) groups excluding carboxylic acids is 2. The Balaban J connectivity index is 1.59. The summed E-state index contributed by atoms with van der Waals surface area (Å²) in [5, 5.41) is 0.833. The van der Waals surface area contributed by atoms with Crippen LogP contribution in [0.1, 0.15) is 47.3 Å². The number of amides is 2. The fourth-order valence-electron chi connectivity index (χ4n) is 4.62. The van der Waals surface area contributed by atoms with Crippen LogP contribution in [0.25, 0.3) is 0 Å². The van der Waals surface area contributed by atoms with Gasteiger partial charge in [0.1, 0.15) is 23.9 Å². The summed E-state index contributed by atoms with van der Waals surface area (Å²) in [6.07, 6.45) is 6.23. The number of aliphatic imine (C=N–C) groups is 1. The van der Waals surface area contributed by atoms with Crippen molar-refractivity contribution in [1.82, 2.24) is 4.90 Å². The molecule has 5 rings (SSSR count). The number of benzene rings is 1. The molecule has 0 unspecified atom stereocenters. The normalized spacial score (nSPS) is 18.7. The van der Waals surface area contributed by atoms with E-state index in [1.54, 1.807) is 28.4 Å². The van der Waals surface area contributed by atoms with Crippen molar-refractivity contribution in [3.05, 3.63) is 51.7 Å². The summed E-state index contributed by atoms with van der Waals surface area (Å²) >= 11 is 1.63. The maximum absolute atomic E-state index is 13.5. The Bertz CT molecular complexity index is 1020. The molecular weight excluding hydrogens is 401 g/mol. The first-order chi connectivity index (χ1) is 14.6. The first kappa shape index (κ1) is 19.4. The minimum atomic E-state index is -0.297. The maximum atomic E-state index is 13.5. The molecule has 30 heavy (non-hydrogen) atoms. The lowest BCUT2D eigenvalue weighted by molar-refractivity contribution is -0.130. The van der Waals surface area contributed by atoms with Crippen LogP contribution in [-0.4, -0.2) is 48.6 Å². The SMILES string of the molecule is O=C(CN1C(=O)CN=C(c2ccc(F)cc2)c2c1sc1c2CCCC1)N1CCCC1. The number of thiophene rings is 1. The number of nitrogens with zero attached hydrogens (tertiary/aromatic N) is 3. The number of halogens is 1. The summed E-state index contributed by atoms with van der Waals surface area (Å²) in [5.41, 5.74) is 3.78. The number of hydrogen-bond acceptors (Lipinski definition) is 4. The second-order valence-electron chi connectivity index (χ2n) is 8.13. The molecule has 2 aromatic rings. The van der Waals surface area contributed by atoms with Crippen molar-refractivity contribution in [1.29, 1.82) is 0 Å². The minimum Gasteiger partial charge on any atom is -0.341 e. The van der Waals surface area contributed by atoms with Gasteiger partial charge in [-0.25, -0.2) is 4.39 Å². The molecule has 156 valence electrons. The van der Waals surface area contributed by atoms with Crippen molar-refractivity contribution in [2.75, 3.05) is 31.1 Å². The highest BCUT2D eigenvalue weighted by Gasteiger charge is 2.34. The van der Waals surface area contributed by atoms with E-state index in [0.717, 1.165) is 73.5 Å². The molecule has 0 spiro atoms. The topological polar surface area (TPSA) is 53.0 Å². The smallest absolute Gasteiger partial charge is 0.249 e. The van der Waals surface area contributed by atoms with E-state index in [-0.39, 0.29) is 30.7 Å². The number of rotatable bonds is 3. The van der Waals surface area contributed by atoms with E-state index in [4.69, 9.17) is 0 Å². The lowest BCUT2D eigenvalue weighted by atomic mass is 9.91. The van der Waals surface area contributed by atoms with E-state index in [2.05, 4.69) is 4.99 Å². The van der Waals surface area contributed by atoms with E-state index in [0.29, 0.717) is 0 Å². The molecule has 0 radical (unpaired) electrons. The molecule has 7 heteroatoms. The van der Waals surface area contributed by atoms with Gasteiger partial charge in [-0.3, -0.25) is 19.5 Å². The quantitative estimate of drug-likeness (QED) is 0.755. The van der Waals surface area contributed by atoms with Crippen LogP contribution < -0.4 is 4.90 Å². The fraction of sp³-hybridized carbons (Fsp3) is 0.435. The molecule has 1 aromatic heterocycles. The van der Waals surface area contributed by atoms with Crippen LogP contribution in [0.4, 0.5) is 9.39 Å². The molecule has 2 amide bonds. The summed E-state index contributed by atoms with van der Waals surface area (Å²) < 4.78 is 13.5. The van der Waals surface area contributed by atoms with Gasteiger partial charge in [0, 0.05) is 29.1 Å². The van der Waals surface area contributed by atoms with Gasteiger partial charge in [-0.1, -0.05) is 0 Å². The lowest BCUT2D eigenvalue weighted by Crippen LogP contribution is -2.42. The molecule has 1 fully saturated rings. The van der Waals surface area contributed by atoms with E-state index >= 15 is 0 Å². The van der Waals surface area contributed by atoms with Gasteiger partial charge in [0.15, 0.2) is 0 Å². The molecule has 0 N–H and O–H groups in total. The lowest BCUT2D eigenvalue weighted by Gasteiger charge is -2.23. The predicted octanol–water partition coefficient (Wildman–Crippen LogP) is 3.57. The minimum absolute atomic E-state index is 0.00315. The number of carbonyl (C=O) groups is 2. The molecule has 0 saturated carbocycles. The van der Waals surface area contributed by atoms with Gasteiger partial charge in [-0.05, 0) is 68.4 Å². The highest BCUT2D eigenvalue weighted by molar-refractivity contribution is 7.17. The van der Waals surface area contributed by atoms with E-state index in [1.807, 2.05) is 4.90 Å². The Morgan fingerprint density at radius 1 is 1.07 bits per heavy atom. The van der Waals surface area contributed by atoms with E-state index in [1.165, 1.54) is 22.6 Å². The van der Waals surface area contributed by atoms with Crippen molar-refractivity contribution in [3.63, 3.8) is 0 Å². The molecule has 3 aliphatic rings. The van der Waals surface area contributed by atoms with Crippen LogP contribution in [-0.2, 0) is 22.4 Å². The first-order valence-corrected chi connectivity index (χ1v) is 11.5. The molecule has 0 bridgehead atoms. The fourth-order valence-corrected chi connectivity index (χ4v) is 6.02. The monoisotopic (exact) mass is 425 g/mol. The zero-order chi connectivity index (χ0) is 20.7. The second-order valence-corrected chi connectivity index (χ2v) is 9.21. The van der Waals surface area contributed by atoms with Crippen molar-refractivity contribution >= 4 is 33.9 Å². The highest BCUT2D eigenvalue weighted by Crippen LogP contribution is 2.42. The van der Waals surface area contributed by atoms with Crippen LogP contribution in [0, 0.1) is 5.82 Å². The summed E-state index contributed by atoms with van der Waals surface area (Å²) in [6.45, 7) is 1.60. The molecule has 5 nitrogen and oxygen atoms in total. The van der Waals surface area contributed by atoms with Gasteiger partial charge in [0.2, 0.25) is 11.8 Å². The van der Waals surface area contributed by atoms with Crippen LogP contribution in [0.5, 0.6) is 0 Å². The Labute approximate surface area is 179 Å². The molecule has 3 heterocycles. The Kier molecular flexibility index (Phi) is 5.15. The zero-order valence-electron chi connectivity index (χ0n) is 16.8. The van der Waals surface area contributed by atoms with Crippen LogP contribution in [0.3, 0.4) is 0 Å². The summed E-state index contributed by atoms with van der Waals surface area (Å²) in [6, 6.07) is 6.30. The van der Waals surface area contributed by atoms with Gasteiger partial charge in [0.05, 0.1) is 5.71 Å². The van der Waals surface area contributed by atoms with Gasteiger partial charge in [-0.2, -0.15) is 0 Å². The van der Waals surface area contributed by atoms with Gasteiger partial charge >= 0.3 is 0 Å². The number of aryl methyl sites for hydroxylation is 1. The van der Waals surface area contributed by atoms with Crippen LogP contribution in [0.2, 0.25) is 0 Å². The average Bonchev–Trinajstić information content (AvgIpc) is 3.39. The first-order valence-electron chi connectivity index (χ1n) is 10.7. The van der Waals surface area contributed by atoms with Crippen molar-refractivity contribution in [2.24, 2.45) is 4.99 Å². The zero-order valence-corrected chi connectivity index (χ0v) is 17.6. The molecule has 1 aromatic carbocycles. The molecule has 1 saturated heterocycles. The predicted molar refractivity (Wildman–Crippen MR) is 116 cm³/mol. The third-order valence-electron chi connectivity index (χ3n) is 6.18. The maximum Gasteiger partial charge on any atom is 0.249 e. The van der Waals surface area contributed by atoms with Crippen molar-refractivity contribution in [2.45, 2.75) is 38.5 Å². The third kappa shape index (κ3) is 3.45. The van der Waals surface area contributed by atoms with Crippen molar-refractivity contribution < 1.29 is 14.0 Å². The van der Waals surface area contributed by atoms with Gasteiger partial charge < -0.3 is 4.90 Å². The number of fused-ring (bicyclic) bond motifs is 3. The Morgan fingerprint density at radius 3 is 2.57 bits per heavy atom. The second kappa shape index (κ2) is 7.95. The number of likely N-dealkylation sites (tertiary alicyclic amines) is 1.